The molecule has 140 valence electrons. The number of benzene rings is 3. The Morgan fingerprint density at radius 1 is 1.11 bits per heavy atom. The van der Waals surface area contributed by atoms with Crippen molar-refractivity contribution in [2.45, 2.75) is 13.3 Å². The predicted octanol–water partition coefficient (Wildman–Crippen LogP) is 5.15. The standard InChI is InChI=1S/C22H17FN2O3/c1-2-13-3-10-20-18(11-13)25-22(28-20)17-12-16(8-9-19(17)26)24-21(27)14-4-6-15(23)7-5-14/h3-12,26H,2H2,1H3,(H,24,27). The molecule has 0 aliphatic rings. The Morgan fingerprint density at radius 3 is 2.64 bits per heavy atom. The van der Waals surface area contributed by atoms with Crippen molar-refractivity contribution in [3.05, 3.63) is 77.6 Å². The zero-order valence-electron chi connectivity index (χ0n) is 15.1. The summed E-state index contributed by atoms with van der Waals surface area (Å²) in [5.41, 5.74) is 3.61. The largest absolute Gasteiger partial charge is 0.507 e. The summed E-state index contributed by atoms with van der Waals surface area (Å²) in [5.74, 6) is -0.548. The summed E-state index contributed by atoms with van der Waals surface area (Å²) in [4.78, 5) is 16.8. The number of anilines is 1. The van der Waals surface area contributed by atoms with Crippen LogP contribution in [0.15, 0.2) is 65.1 Å². The van der Waals surface area contributed by atoms with Gasteiger partial charge in [0.15, 0.2) is 5.58 Å². The molecule has 0 saturated heterocycles. The topological polar surface area (TPSA) is 75.4 Å². The number of aromatic hydroxyl groups is 1. The molecule has 28 heavy (non-hydrogen) atoms. The molecule has 1 heterocycles. The zero-order chi connectivity index (χ0) is 19.7. The highest BCUT2D eigenvalue weighted by molar-refractivity contribution is 6.04. The van der Waals surface area contributed by atoms with Crippen LogP contribution >= 0.6 is 0 Å². The Bertz CT molecular complexity index is 1170. The summed E-state index contributed by atoms with van der Waals surface area (Å²) in [7, 11) is 0. The van der Waals surface area contributed by atoms with E-state index < -0.39 is 5.82 Å². The van der Waals surface area contributed by atoms with Gasteiger partial charge in [-0.1, -0.05) is 13.0 Å². The second-order valence-corrected chi connectivity index (χ2v) is 6.37. The van der Waals surface area contributed by atoms with Crippen molar-refractivity contribution in [3.8, 4) is 17.2 Å². The maximum absolute atomic E-state index is 13.0. The molecule has 2 N–H and O–H groups in total. The molecule has 4 rings (SSSR count). The summed E-state index contributed by atoms with van der Waals surface area (Å²) in [6, 6.07) is 15.6. The highest BCUT2D eigenvalue weighted by Crippen LogP contribution is 2.33. The fraction of sp³-hybridized carbons (Fsp3) is 0.0909. The van der Waals surface area contributed by atoms with Crippen molar-refractivity contribution in [1.29, 1.82) is 0 Å². The number of halogens is 1. The minimum Gasteiger partial charge on any atom is -0.507 e. The van der Waals surface area contributed by atoms with Crippen LogP contribution in [0.4, 0.5) is 10.1 Å². The molecule has 5 nitrogen and oxygen atoms in total. The Morgan fingerprint density at radius 2 is 1.89 bits per heavy atom. The van der Waals surface area contributed by atoms with Crippen LogP contribution in [0.5, 0.6) is 5.75 Å². The number of carbonyl (C=O) groups is 1. The van der Waals surface area contributed by atoms with E-state index in [9.17, 15) is 14.3 Å². The van der Waals surface area contributed by atoms with Gasteiger partial charge >= 0.3 is 0 Å². The minimum atomic E-state index is -0.411. The van der Waals surface area contributed by atoms with E-state index in [0.29, 0.717) is 27.9 Å². The number of hydrogen-bond donors (Lipinski definition) is 2. The van der Waals surface area contributed by atoms with Crippen molar-refractivity contribution < 1.29 is 18.7 Å². The first-order valence-corrected chi connectivity index (χ1v) is 8.83. The van der Waals surface area contributed by atoms with E-state index in [-0.39, 0.29) is 17.5 Å². The van der Waals surface area contributed by atoms with E-state index in [2.05, 4.69) is 17.2 Å². The molecule has 4 aromatic rings. The second-order valence-electron chi connectivity index (χ2n) is 6.37. The molecular weight excluding hydrogens is 359 g/mol. The Hall–Kier alpha value is -3.67. The first-order valence-electron chi connectivity index (χ1n) is 8.83. The lowest BCUT2D eigenvalue weighted by Crippen LogP contribution is -2.11. The van der Waals surface area contributed by atoms with Gasteiger partial charge in [-0.2, -0.15) is 0 Å². The quantitative estimate of drug-likeness (QED) is 0.483. The lowest BCUT2D eigenvalue weighted by molar-refractivity contribution is 0.102. The van der Waals surface area contributed by atoms with Crippen molar-refractivity contribution in [2.75, 3.05) is 5.32 Å². The van der Waals surface area contributed by atoms with E-state index >= 15 is 0 Å². The lowest BCUT2D eigenvalue weighted by Gasteiger charge is -2.08. The third-order valence-electron chi connectivity index (χ3n) is 4.45. The van der Waals surface area contributed by atoms with E-state index in [0.717, 1.165) is 12.0 Å². The van der Waals surface area contributed by atoms with Crippen LogP contribution < -0.4 is 5.32 Å². The van der Waals surface area contributed by atoms with Gasteiger partial charge < -0.3 is 14.8 Å². The highest BCUT2D eigenvalue weighted by atomic mass is 19.1. The van der Waals surface area contributed by atoms with Crippen LogP contribution in [0.2, 0.25) is 0 Å². The zero-order valence-corrected chi connectivity index (χ0v) is 15.1. The number of amides is 1. The number of aryl methyl sites for hydroxylation is 1. The SMILES string of the molecule is CCc1ccc2oc(-c3cc(NC(=O)c4ccc(F)cc4)ccc3O)nc2c1. The van der Waals surface area contributed by atoms with Gasteiger partial charge in [0.1, 0.15) is 17.1 Å². The van der Waals surface area contributed by atoms with Gasteiger partial charge in [-0.15, -0.1) is 0 Å². The van der Waals surface area contributed by atoms with Crippen molar-refractivity contribution in [1.82, 2.24) is 4.98 Å². The number of phenols is 1. The number of nitrogens with one attached hydrogen (secondary N) is 1. The van der Waals surface area contributed by atoms with Crippen LogP contribution in [-0.4, -0.2) is 16.0 Å². The van der Waals surface area contributed by atoms with Gasteiger partial charge in [-0.3, -0.25) is 4.79 Å². The number of nitrogens with zero attached hydrogens (tertiary/aromatic N) is 1. The molecule has 1 aromatic heterocycles. The monoisotopic (exact) mass is 376 g/mol. The fourth-order valence-electron chi connectivity index (χ4n) is 2.90. The van der Waals surface area contributed by atoms with Crippen molar-refractivity contribution >= 4 is 22.7 Å². The third kappa shape index (κ3) is 3.44. The Kier molecular flexibility index (Phi) is 4.53. The molecule has 3 aromatic carbocycles. The molecule has 0 atom stereocenters. The molecule has 1 amide bonds. The lowest BCUT2D eigenvalue weighted by atomic mass is 10.1. The molecule has 0 radical (unpaired) electrons. The number of rotatable bonds is 4. The predicted molar refractivity (Wildman–Crippen MR) is 105 cm³/mol. The van der Waals surface area contributed by atoms with E-state index in [1.54, 1.807) is 12.1 Å². The first-order chi connectivity index (χ1) is 13.5. The number of fused-ring (bicyclic) bond motifs is 1. The van der Waals surface area contributed by atoms with E-state index in [1.807, 2.05) is 18.2 Å². The van der Waals surface area contributed by atoms with Gasteiger partial charge in [-0.05, 0) is 66.6 Å². The second kappa shape index (κ2) is 7.15. The van der Waals surface area contributed by atoms with Crippen LogP contribution in [-0.2, 0) is 6.42 Å². The molecule has 0 bridgehead atoms. The van der Waals surface area contributed by atoms with Gasteiger partial charge in [-0.25, -0.2) is 9.37 Å². The summed E-state index contributed by atoms with van der Waals surface area (Å²) < 4.78 is 18.8. The number of hydrogen-bond acceptors (Lipinski definition) is 4. The molecule has 0 spiro atoms. The molecular formula is C22H17FN2O3. The van der Waals surface area contributed by atoms with Gasteiger partial charge in [0.25, 0.3) is 5.91 Å². The summed E-state index contributed by atoms with van der Waals surface area (Å²) >= 11 is 0. The van der Waals surface area contributed by atoms with E-state index in [4.69, 9.17) is 4.42 Å². The average molecular weight is 376 g/mol. The fourth-order valence-corrected chi connectivity index (χ4v) is 2.90. The van der Waals surface area contributed by atoms with E-state index in [1.165, 1.54) is 30.3 Å². The Balaban J connectivity index is 1.65. The number of carbonyl (C=O) groups excluding carboxylic acids is 1. The van der Waals surface area contributed by atoms with Crippen LogP contribution in [0.25, 0.3) is 22.6 Å². The smallest absolute Gasteiger partial charge is 0.255 e. The normalized spacial score (nSPS) is 10.9. The molecule has 0 aliphatic carbocycles. The summed E-state index contributed by atoms with van der Waals surface area (Å²) in [5, 5.41) is 13.0. The third-order valence-corrected chi connectivity index (χ3v) is 4.45. The highest BCUT2D eigenvalue weighted by Gasteiger charge is 2.15. The molecule has 0 unspecified atom stereocenters. The minimum absolute atomic E-state index is 0.0120. The van der Waals surface area contributed by atoms with Crippen LogP contribution in [0.1, 0.15) is 22.8 Å². The summed E-state index contributed by atoms with van der Waals surface area (Å²) in [6.07, 6.45) is 0.883. The molecule has 0 aliphatic heterocycles. The van der Waals surface area contributed by atoms with Crippen LogP contribution in [0.3, 0.4) is 0 Å². The van der Waals surface area contributed by atoms with Crippen molar-refractivity contribution in [3.63, 3.8) is 0 Å². The maximum atomic E-state index is 13.0. The maximum Gasteiger partial charge on any atom is 0.255 e. The van der Waals surface area contributed by atoms with Crippen molar-refractivity contribution in [2.24, 2.45) is 0 Å². The summed E-state index contributed by atoms with van der Waals surface area (Å²) in [6.45, 7) is 2.06. The average Bonchev–Trinajstić information content (AvgIpc) is 3.12. The molecule has 0 fully saturated rings. The molecule has 0 saturated carbocycles. The van der Waals surface area contributed by atoms with Gasteiger partial charge in [0.2, 0.25) is 5.89 Å². The van der Waals surface area contributed by atoms with Gasteiger partial charge in [0, 0.05) is 11.3 Å². The Labute approximate surface area is 160 Å². The number of aromatic nitrogens is 1. The first kappa shape index (κ1) is 17.7. The molecule has 6 heteroatoms. The van der Waals surface area contributed by atoms with Crippen LogP contribution in [0, 0.1) is 5.82 Å². The van der Waals surface area contributed by atoms with Gasteiger partial charge in [0.05, 0.1) is 5.56 Å². The number of oxazole rings is 1. The number of phenolic OH excluding ortho intramolecular Hbond substituents is 1.